The number of ether oxygens (including phenoxy) is 1. The Bertz CT molecular complexity index is 372. The van der Waals surface area contributed by atoms with E-state index in [1.807, 2.05) is 45.0 Å². The first-order valence-electron chi connectivity index (χ1n) is 5.24. The van der Waals surface area contributed by atoms with Gasteiger partial charge in [-0.15, -0.1) is 0 Å². The number of nitrogens with zero attached hydrogens (tertiary/aromatic N) is 3. The van der Waals surface area contributed by atoms with Crippen molar-refractivity contribution in [2.45, 2.75) is 39.5 Å². The lowest BCUT2D eigenvalue weighted by Crippen LogP contribution is -2.18. The molecule has 0 aromatic heterocycles. The summed E-state index contributed by atoms with van der Waals surface area (Å²) in [5.41, 5.74) is 10.2. The molecule has 0 aliphatic rings. The Balaban J connectivity index is 2.54. The molecule has 0 atom stereocenters. The van der Waals surface area contributed by atoms with E-state index < -0.39 is 0 Å². The average Bonchev–Trinajstić information content (AvgIpc) is 2.24. The van der Waals surface area contributed by atoms with Gasteiger partial charge in [0.1, 0.15) is 0 Å². The molecule has 86 valence electrons. The second-order valence-electron chi connectivity index (χ2n) is 4.61. The van der Waals surface area contributed by atoms with Gasteiger partial charge in [0, 0.05) is 4.91 Å². The van der Waals surface area contributed by atoms with E-state index in [2.05, 4.69) is 10.0 Å². The minimum absolute atomic E-state index is 0.121. The molecule has 1 aromatic carbocycles. The second kappa shape index (κ2) is 5.54. The molecule has 4 nitrogen and oxygen atoms in total. The molecule has 0 spiro atoms. The highest BCUT2D eigenvalue weighted by Gasteiger charge is 2.09. The van der Waals surface area contributed by atoms with Gasteiger partial charge in [-0.2, -0.15) is 0 Å². The maximum Gasteiger partial charge on any atom is 0.0724 e. The molecule has 0 unspecified atom stereocenters. The quantitative estimate of drug-likeness (QED) is 0.431. The molecule has 1 rings (SSSR count). The van der Waals surface area contributed by atoms with Crippen molar-refractivity contribution in [3.63, 3.8) is 0 Å². The molecule has 0 N–H and O–H groups in total. The summed E-state index contributed by atoms with van der Waals surface area (Å²) in [6, 6.07) is 7.90. The first kappa shape index (κ1) is 12.6. The summed E-state index contributed by atoms with van der Waals surface area (Å²) in [5, 5.41) is 3.51. The van der Waals surface area contributed by atoms with Crippen molar-refractivity contribution in [3.8, 4) is 0 Å². The largest absolute Gasteiger partial charge is 0.371 e. The first-order chi connectivity index (χ1) is 7.51. The zero-order chi connectivity index (χ0) is 12.0. The summed E-state index contributed by atoms with van der Waals surface area (Å²) in [6.07, 6.45) is 0. The van der Waals surface area contributed by atoms with Crippen molar-refractivity contribution in [3.05, 3.63) is 45.8 Å². The van der Waals surface area contributed by atoms with E-state index in [-0.39, 0.29) is 5.60 Å². The third-order valence-electron chi connectivity index (χ3n) is 2.01. The summed E-state index contributed by atoms with van der Waals surface area (Å²) in [4.78, 5) is 2.72. The maximum atomic E-state index is 8.19. The van der Waals surface area contributed by atoms with Gasteiger partial charge in [-0.05, 0) is 37.4 Å². The topological polar surface area (TPSA) is 58.0 Å². The molecule has 0 heterocycles. The fourth-order valence-corrected chi connectivity index (χ4v) is 1.15. The monoisotopic (exact) mass is 219 g/mol. The lowest BCUT2D eigenvalue weighted by Gasteiger charge is -2.19. The lowest BCUT2D eigenvalue weighted by atomic mass is 10.1. The summed E-state index contributed by atoms with van der Waals surface area (Å²) in [7, 11) is 0. The lowest BCUT2D eigenvalue weighted by molar-refractivity contribution is -0.0149. The SMILES string of the molecule is CC(C)(C)OCc1ccc(CN=[N+]=[N-])cc1. The van der Waals surface area contributed by atoms with Crippen LogP contribution >= 0.6 is 0 Å². The molecule has 0 radical (unpaired) electrons. The maximum absolute atomic E-state index is 8.19. The zero-order valence-corrected chi connectivity index (χ0v) is 9.97. The molecule has 0 amide bonds. The Labute approximate surface area is 95.9 Å². The van der Waals surface area contributed by atoms with Crippen LogP contribution in [0.15, 0.2) is 29.4 Å². The Kier molecular flexibility index (Phi) is 4.35. The second-order valence-corrected chi connectivity index (χ2v) is 4.61. The average molecular weight is 219 g/mol. The third-order valence-corrected chi connectivity index (χ3v) is 2.01. The van der Waals surface area contributed by atoms with Crippen molar-refractivity contribution < 1.29 is 4.74 Å². The number of azide groups is 1. The van der Waals surface area contributed by atoms with Gasteiger partial charge in [0.2, 0.25) is 0 Å². The van der Waals surface area contributed by atoms with Gasteiger partial charge < -0.3 is 4.74 Å². The van der Waals surface area contributed by atoms with Crippen LogP contribution in [0, 0.1) is 0 Å². The molecular weight excluding hydrogens is 202 g/mol. The van der Waals surface area contributed by atoms with E-state index in [1.165, 1.54) is 0 Å². The Morgan fingerprint density at radius 2 is 1.75 bits per heavy atom. The van der Waals surface area contributed by atoms with E-state index >= 15 is 0 Å². The van der Waals surface area contributed by atoms with Crippen LogP contribution in [-0.2, 0) is 17.9 Å². The van der Waals surface area contributed by atoms with E-state index in [9.17, 15) is 0 Å². The normalized spacial score (nSPS) is 10.9. The standard InChI is InChI=1S/C12H17N3O/c1-12(2,3)16-9-11-6-4-10(5-7-11)8-14-15-13/h4-7H,8-9H2,1-3H3. The van der Waals surface area contributed by atoms with Crippen LogP contribution in [0.4, 0.5) is 0 Å². The number of rotatable bonds is 4. The van der Waals surface area contributed by atoms with Gasteiger partial charge in [-0.3, -0.25) is 0 Å². The van der Waals surface area contributed by atoms with Gasteiger partial charge in [0.15, 0.2) is 0 Å². The van der Waals surface area contributed by atoms with E-state index in [0.717, 1.165) is 11.1 Å². The van der Waals surface area contributed by atoms with Gasteiger partial charge in [0.05, 0.1) is 18.8 Å². The zero-order valence-electron chi connectivity index (χ0n) is 9.97. The van der Waals surface area contributed by atoms with Gasteiger partial charge in [-0.25, -0.2) is 0 Å². The number of hydrogen-bond acceptors (Lipinski definition) is 2. The van der Waals surface area contributed by atoms with Gasteiger partial charge >= 0.3 is 0 Å². The molecule has 4 heteroatoms. The van der Waals surface area contributed by atoms with E-state index in [1.54, 1.807) is 0 Å². The Morgan fingerprint density at radius 3 is 2.25 bits per heavy atom. The summed E-state index contributed by atoms with van der Waals surface area (Å²) < 4.78 is 5.65. The van der Waals surface area contributed by atoms with Crippen LogP contribution in [0.5, 0.6) is 0 Å². The molecule has 0 saturated carbocycles. The fourth-order valence-electron chi connectivity index (χ4n) is 1.15. The van der Waals surface area contributed by atoms with Crippen molar-refractivity contribution >= 4 is 0 Å². The van der Waals surface area contributed by atoms with Crippen molar-refractivity contribution in [2.24, 2.45) is 5.11 Å². The smallest absolute Gasteiger partial charge is 0.0724 e. The molecule has 0 fully saturated rings. The molecule has 1 aromatic rings. The minimum atomic E-state index is -0.121. The molecule has 0 bridgehead atoms. The van der Waals surface area contributed by atoms with Crippen LogP contribution in [-0.4, -0.2) is 5.60 Å². The Morgan fingerprint density at radius 1 is 1.19 bits per heavy atom. The van der Waals surface area contributed by atoms with Crippen molar-refractivity contribution in [2.75, 3.05) is 0 Å². The van der Waals surface area contributed by atoms with Crippen LogP contribution < -0.4 is 0 Å². The van der Waals surface area contributed by atoms with Crippen molar-refractivity contribution in [1.29, 1.82) is 0 Å². The van der Waals surface area contributed by atoms with E-state index in [0.29, 0.717) is 13.2 Å². The third kappa shape index (κ3) is 4.82. The highest BCUT2D eigenvalue weighted by Crippen LogP contribution is 2.12. The Hall–Kier alpha value is -1.51. The van der Waals surface area contributed by atoms with Crippen LogP contribution in [0.2, 0.25) is 0 Å². The fraction of sp³-hybridized carbons (Fsp3) is 0.500. The van der Waals surface area contributed by atoms with Gasteiger partial charge in [0.25, 0.3) is 0 Å². The van der Waals surface area contributed by atoms with Gasteiger partial charge in [-0.1, -0.05) is 29.4 Å². The van der Waals surface area contributed by atoms with E-state index in [4.69, 9.17) is 10.3 Å². The number of benzene rings is 1. The first-order valence-corrected chi connectivity index (χ1v) is 5.24. The van der Waals surface area contributed by atoms with Crippen molar-refractivity contribution in [1.82, 2.24) is 0 Å². The summed E-state index contributed by atoms with van der Waals surface area (Å²) >= 11 is 0. The predicted molar refractivity (Wildman–Crippen MR) is 63.8 cm³/mol. The number of hydrogen-bond donors (Lipinski definition) is 0. The highest BCUT2D eigenvalue weighted by molar-refractivity contribution is 5.22. The van der Waals surface area contributed by atoms with Crippen LogP contribution in [0.1, 0.15) is 31.9 Å². The molecule has 0 aliphatic heterocycles. The summed E-state index contributed by atoms with van der Waals surface area (Å²) in [5.74, 6) is 0. The molecule has 0 aliphatic carbocycles. The molecular formula is C12H17N3O. The minimum Gasteiger partial charge on any atom is -0.371 e. The predicted octanol–water partition coefficient (Wildman–Crippen LogP) is 3.81. The molecule has 16 heavy (non-hydrogen) atoms. The molecule has 0 saturated heterocycles. The van der Waals surface area contributed by atoms with Crippen LogP contribution in [0.25, 0.3) is 10.4 Å². The highest BCUT2D eigenvalue weighted by atomic mass is 16.5. The summed E-state index contributed by atoms with van der Waals surface area (Å²) in [6.45, 7) is 7.09. The van der Waals surface area contributed by atoms with Crippen LogP contribution in [0.3, 0.4) is 0 Å².